The molecule has 1 aliphatic carbocycles. The van der Waals surface area contributed by atoms with E-state index in [2.05, 4.69) is 33.4 Å². The van der Waals surface area contributed by atoms with Gasteiger partial charge in [-0.2, -0.15) is 0 Å². The maximum Gasteiger partial charge on any atom is 0.407 e. The Kier molecular flexibility index (Phi) is 6.46. The van der Waals surface area contributed by atoms with E-state index < -0.39 is 18.1 Å². The van der Waals surface area contributed by atoms with E-state index in [0.717, 1.165) is 32.3 Å². The molecule has 0 aromatic heterocycles. The molecule has 0 fully saturated rings. The molecule has 3 aromatic carbocycles. The summed E-state index contributed by atoms with van der Waals surface area (Å²) in [5.41, 5.74) is 5.17. The van der Waals surface area contributed by atoms with E-state index in [1.807, 2.05) is 36.4 Å². The molecule has 0 saturated carbocycles. The molecule has 0 heterocycles. The molecule has 0 radical (unpaired) electrons. The number of ether oxygens (including phenoxy) is 2. The minimum absolute atomic E-state index is 0.0906. The summed E-state index contributed by atoms with van der Waals surface area (Å²) in [4.78, 5) is 24.2. The highest BCUT2D eigenvalue weighted by Gasteiger charge is 2.29. The van der Waals surface area contributed by atoms with Gasteiger partial charge in [-0.3, -0.25) is 0 Å². The van der Waals surface area contributed by atoms with Crippen LogP contribution in [0, 0.1) is 0 Å². The highest BCUT2D eigenvalue weighted by atomic mass is 79.9. The second kappa shape index (κ2) is 9.44. The van der Waals surface area contributed by atoms with Gasteiger partial charge in [0, 0.05) is 12.3 Å². The molecule has 7 heteroatoms. The van der Waals surface area contributed by atoms with Crippen LogP contribution >= 0.6 is 15.9 Å². The molecule has 4 rings (SSSR count). The van der Waals surface area contributed by atoms with Crippen molar-refractivity contribution in [3.8, 4) is 16.9 Å². The van der Waals surface area contributed by atoms with Crippen molar-refractivity contribution in [2.75, 3.05) is 13.7 Å². The summed E-state index contributed by atoms with van der Waals surface area (Å²) in [5.74, 6) is -0.639. The fraction of sp³-hybridized carbons (Fsp3) is 0.200. The molecule has 6 nitrogen and oxygen atoms in total. The monoisotopic (exact) mass is 495 g/mol. The third-order valence-corrected chi connectivity index (χ3v) is 6.24. The minimum Gasteiger partial charge on any atom is -0.496 e. The van der Waals surface area contributed by atoms with Crippen molar-refractivity contribution in [3.05, 3.63) is 87.9 Å². The Hall–Kier alpha value is -3.32. The lowest BCUT2D eigenvalue weighted by molar-refractivity contribution is -0.139. The quantitative estimate of drug-likeness (QED) is 0.482. The normalized spacial score (nSPS) is 13.1. The maximum atomic E-state index is 12.5. The molecule has 3 aromatic rings. The molecule has 0 saturated heterocycles. The van der Waals surface area contributed by atoms with Gasteiger partial charge in [0.1, 0.15) is 18.4 Å². The van der Waals surface area contributed by atoms with E-state index in [0.29, 0.717) is 5.75 Å². The first kappa shape index (κ1) is 21.9. The van der Waals surface area contributed by atoms with Gasteiger partial charge in [-0.25, -0.2) is 9.59 Å². The van der Waals surface area contributed by atoms with E-state index in [1.54, 1.807) is 18.2 Å². The molecule has 0 unspecified atom stereocenters. The lowest BCUT2D eigenvalue weighted by Crippen LogP contribution is -2.42. The van der Waals surface area contributed by atoms with Crippen molar-refractivity contribution in [1.29, 1.82) is 0 Å². The third-order valence-electron chi connectivity index (χ3n) is 5.59. The fourth-order valence-electron chi connectivity index (χ4n) is 4.05. The van der Waals surface area contributed by atoms with Gasteiger partial charge in [-0.15, -0.1) is 0 Å². The van der Waals surface area contributed by atoms with Crippen LogP contribution in [0.25, 0.3) is 11.1 Å². The molecular weight excluding hydrogens is 474 g/mol. The van der Waals surface area contributed by atoms with Crippen LogP contribution in [0.15, 0.2) is 71.2 Å². The molecule has 2 N–H and O–H groups in total. The number of carbonyl (C=O) groups is 2. The number of hydrogen-bond donors (Lipinski definition) is 2. The van der Waals surface area contributed by atoms with Crippen LogP contribution in [0.5, 0.6) is 5.75 Å². The number of carboxylic acid groups (broad SMARTS) is 1. The van der Waals surface area contributed by atoms with E-state index in [4.69, 9.17) is 9.47 Å². The van der Waals surface area contributed by atoms with Gasteiger partial charge in [0.25, 0.3) is 0 Å². The number of rotatable bonds is 7. The van der Waals surface area contributed by atoms with Crippen molar-refractivity contribution in [1.82, 2.24) is 5.32 Å². The summed E-state index contributed by atoms with van der Waals surface area (Å²) in [6.07, 6.45) is -0.660. The van der Waals surface area contributed by atoms with Gasteiger partial charge in [-0.05, 0) is 55.9 Å². The number of carbonyl (C=O) groups excluding carboxylic acids is 1. The number of hydrogen-bond acceptors (Lipinski definition) is 4. The highest BCUT2D eigenvalue weighted by molar-refractivity contribution is 9.10. The van der Waals surface area contributed by atoms with Gasteiger partial charge < -0.3 is 19.9 Å². The Morgan fingerprint density at radius 3 is 2.25 bits per heavy atom. The summed E-state index contributed by atoms with van der Waals surface area (Å²) >= 11 is 3.37. The number of halogens is 1. The van der Waals surface area contributed by atoms with Gasteiger partial charge >= 0.3 is 12.1 Å². The van der Waals surface area contributed by atoms with Crippen LogP contribution < -0.4 is 10.1 Å². The Bertz CT molecular complexity index is 1120. The number of amides is 1. The van der Waals surface area contributed by atoms with E-state index in [9.17, 15) is 14.7 Å². The number of alkyl carbamates (subject to hydrolysis) is 1. The van der Waals surface area contributed by atoms with Crippen LogP contribution in [0.2, 0.25) is 0 Å². The molecule has 0 spiro atoms. The first-order valence-electron chi connectivity index (χ1n) is 10.1. The fourth-order valence-corrected chi connectivity index (χ4v) is 4.46. The topological polar surface area (TPSA) is 84.9 Å². The number of aliphatic carboxylic acids is 1. The zero-order valence-electron chi connectivity index (χ0n) is 17.4. The van der Waals surface area contributed by atoms with Gasteiger partial charge in [0.2, 0.25) is 0 Å². The SMILES string of the molecule is COc1cc(C[C@@H](NC(=O)OCC2c3ccccc3-c3ccccc32)C(=O)O)ccc1Br. The predicted molar refractivity (Wildman–Crippen MR) is 124 cm³/mol. The first-order valence-corrected chi connectivity index (χ1v) is 10.9. The molecule has 164 valence electrons. The van der Waals surface area contributed by atoms with Gasteiger partial charge in [0.15, 0.2) is 0 Å². The number of nitrogens with one attached hydrogen (secondary N) is 1. The Morgan fingerprint density at radius 1 is 1.03 bits per heavy atom. The number of benzene rings is 3. The summed E-state index contributed by atoms with van der Waals surface area (Å²) in [7, 11) is 1.54. The molecule has 1 amide bonds. The summed E-state index contributed by atoms with van der Waals surface area (Å²) < 4.78 is 11.5. The molecule has 0 aliphatic heterocycles. The molecule has 0 bridgehead atoms. The summed E-state index contributed by atoms with van der Waals surface area (Å²) in [6.45, 7) is 0.123. The number of methoxy groups -OCH3 is 1. The smallest absolute Gasteiger partial charge is 0.407 e. The largest absolute Gasteiger partial charge is 0.496 e. The predicted octanol–water partition coefficient (Wildman–Crippen LogP) is 4.99. The van der Waals surface area contributed by atoms with Crippen LogP contribution in [0.1, 0.15) is 22.6 Å². The van der Waals surface area contributed by atoms with E-state index >= 15 is 0 Å². The molecule has 1 aliphatic rings. The molecule has 1 atom stereocenters. The lowest BCUT2D eigenvalue weighted by Gasteiger charge is -2.18. The minimum atomic E-state index is -1.14. The van der Waals surface area contributed by atoms with Crippen molar-refractivity contribution >= 4 is 28.0 Å². The van der Waals surface area contributed by atoms with Gasteiger partial charge in [0.05, 0.1) is 11.6 Å². The lowest BCUT2D eigenvalue weighted by atomic mass is 9.98. The number of fused-ring (bicyclic) bond motifs is 3. The average molecular weight is 496 g/mol. The van der Waals surface area contributed by atoms with Crippen molar-refractivity contribution < 1.29 is 24.2 Å². The third kappa shape index (κ3) is 4.48. The Labute approximate surface area is 194 Å². The number of carboxylic acids is 1. The van der Waals surface area contributed by atoms with Crippen LogP contribution in [-0.2, 0) is 16.0 Å². The van der Waals surface area contributed by atoms with E-state index in [-0.39, 0.29) is 18.9 Å². The van der Waals surface area contributed by atoms with E-state index in [1.165, 1.54) is 7.11 Å². The van der Waals surface area contributed by atoms with Crippen molar-refractivity contribution in [3.63, 3.8) is 0 Å². The zero-order valence-corrected chi connectivity index (χ0v) is 19.0. The van der Waals surface area contributed by atoms with Crippen molar-refractivity contribution in [2.45, 2.75) is 18.4 Å². The standard InChI is InChI=1S/C25H22BrNO5/c1-31-23-13-15(10-11-21(23)26)12-22(24(28)29)27-25(30)32-14-20-18-8-4-2-6-16(18)17-7-3-5-9-19(17)20/h2-11,13,20,22H,12,14H2,1H3,(H,27,30)(H,28,29)/t22-/m1/s1. The highest BCUT2D eigenvalue weighted by Crippen LogP contribution is 2.44. The average Bonchev–Trinajstić information content (AvgIpc) is 3.12. The summed E-state index contributed by atoms with van der Waals surface area (Å²) in [6, 6.07) is 20.2. The Balaban J connectivity index is 1.43. The van der Waals surface area contributed by atoms with Crippen LogP contribution in [0.3, 0.4) is 0 Å². The molecular formula is C25H22BrNO5. The van der Waals surface area contributed by atoms with Gasteiger partial charge in [-0.1, -0.05) is 54.6 Å². The van der Waals surface area contributed by atoms with Crippen LogP contribution in [-0.4, -0.2) is 36.9 Å². The maximum absolute atomic E-state index is 12.5. The first-order chi connectivity index (χ1) is 15.5. The Morgan fingerprint density at radius 2 is 1.66 bits per heavy atom. The second-order valence-corrected chi connectivity index (χ2v) is 8.39. The second-order valence-electron chi connectivity index (χ2n) is 7.53. The summed E-state index contributed by atoms with van der Waals surface area (Å²) in [5, 5.41) is 12.1. The molecule has 32 heavy (non-hydrogen) atoms. The zero-order chi connectivity index (χ0) is 22.7. The van der Waals surface area contributed by atoms with Crippen LogP contribution in [0.4, 0.5) is 4.79 Å². The van der Waals surface area contributed by atoms with Crippen molar-refractivity contribution in [2.24, 2.45) is 0 Å².